The van der Waals surface area contributed by atoms with Gasteiger partial charge in [-0.3, -0.25) is 9.48 Å². The maximum atomic E-state index is 13.3. The Balaban J connectivity index is 1.41. The molecule has 2 aromatic heterocycles. The second-order valence-electron chi connectivity index (χ2n) is 6.86. The van der Waals surface area contributed by atoms with Crippen LogP contribution in [0.1, 0.15) is 18.1 Å². The van der Waals surface area contributed by atoms with Gasteiger partial charge >= 0.3 is 0 Å². The molecule has 1 atom stereocenters. The van der Waals surface area contributed by atoms with Crippen LogP contribution in [-0.2, 0) is 17.9 Å². The zero-order chi connectivity index (χ0) is 20.5. The third-order valence-electron chi connectivity index (χ3n) is 4.79. The van der Waals surface area contributed by atoms with Crippen molar-refractivity contribution < 1.29 is 13.6 Å². The lowest BCUT2D eigenvalue weighted by atomic mass is 10.2. The number of carbonyl (C=O) groups excluding carboxylic acids is 1. The van der Waals surface area contributed by atoms with Crippen LogP contribution in [0.2, 0.25) is 0 Å². The number of hydrogen-bond donors (Lipinski definition) is 2. The van der Waals surface area contributed by atoms with Crippen LogP contribution >= 0.6 is 0 Å². The van der Waals surface area contributed by atoms with E-state index in [0.29, 0.717) is 36.1 Å². The Hall–Kier alpha value is -3.56. The second-order valence-corrected chi connectivity index (χ2v) is 6.86. The highest BCUT2D eigenvalue weighted by molar-refractivity contribution is 6.02. The average Bonchev–Trinajstić information content (AvgIpc) is 3.15. The Morgan fingerprint density at radius 3 is 2.83 bits per heavy atom. The molecule has 2 N–H and O–H groups in total. The topological polar surface area (TPSA) is 88.0 Å². The molecule has 0 radical (unpaired) electrons. The molecule has 3 heterocycles. The Kier molecular flexibility index (Phi) is 4.83. The van der Waals surface area contributed by atoms with E-state index < -0.39 is 11.6 Å². The molecule has 0 unspecified atom stereocenters. The summed E-state index contributed by atoms with van der Waals surface area (Å²) in [5.41, 5.74) is 2.06. The highest BCUT2D eigenvalue weighted by Crippen LogP contribution is 2.28. The normalized spacial score (nSPS) is 15.8. The number of amides is 1. The maximum Gasteiger partial charge on any atom is 0.246 e. The number of carbonyl (C=O) groups is 1. The Labute approximate surface area is 165 Å². The molecule has 0 saturated carbocycles. The second kappa shape index (κ2) is 7.46. The van der Waals surface area contributed by atoms with Gasteiger partial charge < -0.3 is 15.5 Å². The number of nitrogens with zero attached hydrogens (tertiary/aromatic N) is 5. The lowest BCUT2D eigenvalue weighted by Gasteiger charge is -2.31. The predicted molar refractivity (Wildman–Crippen MR) is 104 cm³/mol. The van der Waals surface area contributed by atoms with Gasteiger partial charge in [0, 0.05) is 25.4 Å². The van der Waals surface area contributed by atoms with E-state index in [4.69, 9.17) is 0 Å². The SMILES string of the molecule is C[C@H]1C(=O)Nc2cnc(NCc3cnn(Cc4ccc(F)c(F)c4)c3)nc2N1C. The lowest BCUT2D eigenvalue weighted by molar-refractivity contribution is -0.117. The summed E-state index contributed by atoms with van der Waals surface area (Å²) in [6.07, 6.45) is 5.05. The number of rotatable bonds is 5. The summed E-state index contributed by atoms with van der Waals surface area (Å²) in [5.74, 6) is -0.783. The van der Waals surface area contributed by atoms with Crippen molar-refractivity contribution in [3.05, 3.63) is 59.6 Å². The Morgan fingerprint density at radius 2 is 2.03 bits per heavy atom. The minimum Gasteiger partial charge on any atom is -0.350 e. The Morgan fingerprint density at radius 1 is 1.21 bits per heavy atom. The standard InChI is InChI=1S/C19H19F2N7O/c1-11-18(29)25-16-8-23-19(26-17(16)27(11)2)22-6-13-7-24-28(10-13)9-12-3-4-14(20)15(21)5-12/h3-5,7-8,10-11H,6,9H2,1-2H3,(H,25,29)(H,22,23,26)/t11-/m0/s1. The van der Waals surface area contributed by atoms with Gasteiger partial charge in [0.05, 0.1) is 18.9 Å². The number of aromatic nitrogens is 4. The van der Waals surface area contributed by atoms with Crippen LogP contribution < -0.4 is 15.5 Å². The van der Waals surface area contributed by atoms with Crippen molar-refractivity contribution in [2.45, 2.75) is 26.1 Å². The van der Waals surface area contributed by atoms with Gasteiger partial charge in [-0.05, 0) is 24.6 Å². The smallest absolute Gasteiger partial charge is 0.246 e. The molecule has 8 nitrogen and oxygen atoms in total. The van der Waals surface area contributed by atoms with Crippen LogP contribution in [0.5, 0.6) is 0 Å². The van der Waals surface area contributed by atoms with Crippen molar-refractivity contribution in [2.75, 3.05) is 22.6 Å². The lowest BCUT2D eigenvalue weighted by Crippen LogP contribution is -2.44. The van der Waals surface area contributed by atoms with E-state index in [0.717, 1.165) is 17.7 Å². The Bertz CT molecular complexity index is 1070. The first-order valence-corrected chi connectivity index (χ1v) is 9.00. The summed E-state index contributed by atoms with van der Waals surface area (Å²) in [6, 6.07) is 3.46. The molecule has 3 aromatic rings. The van der Waals surface area contributed by atoms with E-state index in [1.54, 1.807) is 42.1 Å². The molecule has 4 rings (SSSR count). The number of likely N-dealkylation sites (N-methyl/N-ethyl adjacent to an activating group) is 1. The van der Waals surface area contributed by atoms with E-state index >= 15 is 0 Å². The van der Waals surface area contributed by atoms with Gasteiger partial charge in [0.25, 0.3) is 0 Å². The molecule has 1 aromatic carbocycles. The minimum atomic E-state index is -0.878. The van der Waals surface area contributed by atoms with Crippen LogP contribution in [0.4, 0.5) is 26.2 Å². The largest absolute Gasteiger partial charge is 0.350 e. The zero-order valence-corrected chi connectivity index (χ0v) is 15.9. The van der Waals surface area contributed by atoms with Crippen molar-refractivity contribution >= 4 is 23.4 Å². The molecule has 0 spiro atoms. The molecule has 0 bridgehead atoms. The molecular weight excluding hydrogens is 380 g/mol. The number of halogens is 2. The van der Waals surface area contributed by atoms with Gasteiger partial charge in [-0.1, -0.05) is 6.07 Å². The van der Waals surface area contributed by atoms with Crippen LogP contribution in [0, 0.1) is 11.6 Å². The van der Waals surface area contributed by atoms with Crippen LogP contribution in [-0.4, -0.2) is 38.7 Å². The highest BCUT2D eigenvalue weighted by atomic mass is 19.2. The number of nitrogens with one attached hydrogen (secondary N) is 2. The molecule has 150 valence electrons. The monoisotopic (exact) mass is 399 g/mol. The van der Waals surface area contributed by atoms with Crippen molar-refractivity contribution in [1.29, 1.82) is 0 Å². The van der Waals surface area contributed by atoms with Gasteiger partial charge in [0.1, 0.15) is 11.7 Å². The fourth-order valence-corrected chi connectivity index (χ4v) is 3.00. The summed E-state index contributed by atoms with van der Waals surface area (Å²) in [5, 5.41) is 10.1. The van der Waals surface area contributed by atoms with Crippen molar-refractivity contribution in [3.8, 4) is 0 Å². The number of fused-ring (bicyclic) bond motifs is 1. The number of anilines is 3. The third-order valence-corrected chi connectivity index (χ3v) is 4.79. The molecule has 10 heteroatoms. The predicted octanol–water partition coefficient (Wildman–Crippen LogP) is 2.39. The molecule has 29 heavy (non-hydrogen) atoms. The van der Waals surface area contributed by atoms with Gasteiger partial charge in [-0.25, -0.2) is 13.8 Å². The summed E-state index contributed by atoms with van der Waals surface area (Å²) in [4.78, 5) is 22.3. The summed E-state index contributed by atoms with van der Waals surface area (Å²) in [6.45, 7) is 2.56. The fraction of sp³-hybridized carbons (Fsp3) is 0.263. The molecule has 0 saturated heterocycles. The first-order valence-electron chi connectivity index (χ1n) is 9.00. The van der Waals surface area contributed by atoms with Crippen LogP contribution in [0.25, 0.3) is 0 Å². The van der Waals surface area contributed by atoms with Gasteiger partial charge in [0.2, 0.25) is 11.9 Å². The molecule has 0 aliphatic carbocycles. The van der Waals surface area contributed by atoms with E-state index in [1.807, 2.05) is 0 Å². The van der Waals surface area contributed by atoms with E-state index in [2.05, 4.69) is 25.7 Å². The molecule has 1 amide bonds. The first-order chi connectivity index (χ1) is 13.9. The summed E-state index contributed by atoms with van der Waals surface area (Å²) < 4.78 is 28.0. The fourth-order valence-electron chi connectivity index (χ4n) is 3.00. The van der Waals surface area contributed by atoms with E-state index in [1.165, 1.54) is 6.07 Å². The van der Waals surface area contributed by atoms with Gasteiger partial charge in [-0.2, -0.15) is 10.1 Å². The minimum absolute atomic E-state index is 0.0993. The molecule has 1 aliphatic heterocycles. The summed E-state index contributed by atoms with van der Waals surface area (Å²) in [7, 11) is 1.81. The molecular formula is C19H19F2N7O. The highest BCUT2D eigenvalue weighted by Gasteiger charge is 2.28. The quantitative estimate of drug-likeness (QED) is 0.685. The maximum absolute atomic E-state index is 13.3. The van der Waals surface area contributed by atoms with Crippen molar-refractivity contribution in [1.82, 2.24) is 19.7 Å². The van der Waals surface area contributed by atoms with Crippen LogP contribution in [0.15, 0.2) is 36.8 Å². The summed E-state index contributed by atoms with van der Waals surface area (Å²) >= 11 is 0. The molecule has 0 fully saturated rings. The average molecular weight is 399 g/mol. The van der Waals surface area contributed by atoms with Gasteiger partial charge in [-0.15, -0.1) is 0 Å². The zero-order valence-electron chi connectivity index (χ0n) is 15.9. The molecule has 1 aliphatic rings. The van der Waals surface area contributed by atoms with E-state index in [-0.39, 0.29) is 11.9 Å². The number of hydrogen-bond acceptors (Lipinski definition) is 6. The van der Waals surface area contributed by atoms with Crippen molar-refractivity contribution in [3.63, 3.8) is 0 Å². The van der Waals surface area contributed by atoms with Crippen LogP contribution in [0.3, 0.4) is 0 Å². The van der Waals surface area contributed by atoms with E-state index in [9.17, 15) is 13.6 Å². The first kappa shape index (κ1) is 18.8. The third kappa shape index (κ3) is 3.86. The number of benzene rings is 1. The van der Waals surface area contributed by atoms with Crippen molar-refractivity contribution in [2.24, 2.45) is 0 Å². The van der Waals surface area contributed by atoms with Gasteiger partial charge in [0.15, 0.2) is 17.5 Å².